The third-order valence-electron chi connectivity index (χ3n) is 6.58. The summed E-state index contributed by atoms with van der Waals surface area (Å²) >= 11 is 12.7. The predicted octanol–water partition coefficient (Wildman–Crippen LogP) is 4.21. The molecule has 1 aliphatic rings. The fourth-order valence-corrected chi connectivity index (χ4v) is 5.16. The highest BCUT2D eigenvalue weighted by Crippen LogP contribution is 2.35. The Morgan fingerprint density at radius 1 is 1.00 bits per heavy atom. The van der Waals surface area contributed by atoms with Crippen LogP contribution in [-0.2, 0) is 0 Å². The number of pyridine rings is 1. The summed E-state index contributed by atoms with van der Waals surface area (Å²) < 4.78 is 1.09. The quantitative estimate of drug-likeness (QED) is 0.418. The highest BCUT2D eigenvalue weighted by atomic mass is 35.5. The largest absolute Gasteiger partial charge is 0.412 e. The molecule has 3 heterocycles. The SMILES string of the molecule is CCN1CCN(c2ccc(-c3nc(N)c4cc(-c5c(Cl)cccc5Cl)c(=O)n(OC)c4n3)cc2)CC1. The zero-order valence-corrected chi connectivity index (χ0v) is 21.6. The van der Waals surface area contributed by atoms with Gasteiger partial charge in [-0.1, -0.05) is 36.2 Å². The van der Waals surface area contributed by atoms with Crippen LogP contribution in [0.1, 0.15) is 6.92 Å². The van der Waals surface area contributed by atoms with E-state index in [1.807, 2.05) is 12.1 Å². The zero-order chi connectivity index (χ0) is 25.4. The topological polar surface area (TPSA) is 89.5 Å². The van der Waals surface area contributed by atoms with E-state index in [0.717, 1.165) is 48.7 Å². The minimum Gasteiger partial charge on any atom is -0.412 e. The molecule has 1 saturated heterocycles. The first-order chi connectivity index (χ1) is 17.4. The van der Waals surface area contributed by atoms with E-state index in [2.05, 4.69) is 38.8 Å². The molecule has 1 fully saturated rings. The Labute approximate surface area is 218 Å². The second-order valence-electron chi connectivity index (χ2n) is 8.57. The molecular formula is C26H26Cl2N6O2. The predicted molar refractivity (Wildman–Crippen MR) is 146 cm³/mol. The molecule has 186 valence electrons. The number of nitrogen functional groups attached to an aromatic ring is 1. The molecular weight excluding hydrogens is 499 g/mol. The number of halogens is 2. The zero-order valence-electron chi connectivity index (χ0n) is 20.0. The van der Waals surface area contributed by atoms with Crippen LogP contribution in [0.5, 0.6) is 0 Å². The average molecular weight is 525 g/mol. The van der Waals surface area contributed by atoms with Crippen molar-refractivity contribution in [3.63, 3.8) is 0 Å². The summed E-state index contributed by atoms with van der Waals surface area (Å²) in [6.07, 6.45) is 0. The lowest BCUT2D eigenvalue weighted by Crippen LogP contribution is -2.46. The first kappa shape index (κ1) is 24.4. The Balaban J connectivity index is 1.55. The molecule has 0 aliphatic carbocycles. The maximum absolute atomic E-state index is 13.4. The van der Waals surface area contributed by atoms with Crippen molar-refractivity contribution in [3.8, 4) is 22.5 Å². The molecule has 2 aromatic heterocycles. The lowest BCUT2D eigenvalue weighted by atomic mass is 10.1. The first-order valence-electron chi connectivity index (χ1n) is 11.7. The third-order valence-corrected chi connectivity index (χ3v) is 7.21. The molecule has 10 heteroatoms. The molecule has 0 amide bonds. The van der Waals surface area contributed by atoms with Gasteiger partial charge >= 0.3 is 0 Å². The molecule has 1 aliphatic heterocycles. The van der Waals surface area contributed by atoms with Crippen molar-refractivity contribution in [2.24, 2.45) is 0 Å². The van der Waals surface area contributed by atoms with Crippen LogP contribution in [0.15, 0.2) is 53.3 Å². The van der Waals surface area contributed by atoms with Crippen molar-refractivity contribution >= 4 is 45.7 Å². The van der Waals surface area contributed by atoms with Crippen molar-refractivity contribution in [2.45, 2.75) is 6.92 Å². The third kappa shape index (κ3) is 4.36. The van der Waals surface area contributed by atoms with Crippen LogP contribution in [0.2, 0.25) is 10.0 Å². The van der Waals surface area contributed by atoms with Crippen molar-refractivity contribution in [1.29, 1.82) is 0 Å². The number of fused-ring (bicyclic) bond motifs is 1. The van der Waals surface area contributed by atoms with Gasteiger partial charge in [0.05, 0.1) is 21.0 Å². The Morgan fingerprint density at radius 3 is 2.28 bits per heavy atom. The Hall–Kier alpha value is -3.33. The number of nitrogens with two attached hydrogens (primary N) is 1. The van der Waals surface area contributed by atoms with Crippen molar-refractivity contribution in [2.75, 3.05) is 50.5 Å². The maximum Gasteiger partial charge on any atom is 0.293 e. The number of rotatable bonds is 5. The van der Waals surface area contributed by atoms with E-state index in [9.17, 15) is 4.79 Å². The van der Waals surface area contributed by atoms with Crippen LogP contribution < -0.4 is 21.0 Å². The smallest absolute Gasteiger partial charge is 0.293 e. The van der Waals surface area contributed by atoms with Gasteiger partial charge in [-0.25, -0.2) is 9.97 Å². The highest BCUT2D eigenvalue weighted by Gasteiger charge is 2.21. The van der Waals surface area contributed by atoms with Crippen molar-refractivity contribution in [3.05, 3.63) is 68.9 Å². The Morgan fingerprint density at radius 2 is 1.67 bits per heavy atom. The second-order valence-corrected chi connectivity index (χ2v) is 9.39. The minimum absolute atomic E-state index is 0.213. The summed E-state index contributed by atoms with van der Waals surface area (Å²) in [5.41, 5.74) is 8.75. The standard InChI is InChI=1S/C26H26Cl2N6O2/c1-3-32-11-13-33(14-12-32)17-9-7-16(8-10-17)24-30-23(29)19-15-18(22-20(27)5-4-6-21(22)28)26(35)34(36-2)25(19)31-24/h4-10,15H,3,11-14H2,1-2H3,(H2,29,30,31). The molecule has 0 spiro atoms. The lowest BCUT2D eigenvalue weighted by molar-refractivity contribution is 0.168. The van der Waals surface area contributed by atoms with Crippen LogP contribution in [0.4, 0.5) is 11.5 Å². The van der Waals surface area contributed by atoms with Crippen LogP contribution in [-0.4, -0.2) is 59.4 Å². The summed E-state index contributed by atoms with van der Waals surface area (Å²) in [6, 6.07) is 14.7. The number of nitrogens with zero attached hydrogens (tertiary/aromatic N) is 5. The molecule has 0 radical (unpaired) electrons. The maximum atomic E-state index is 13.4. The number of aromatic nitrogens is 3. The van der Waals surface area contributed by atoms with E-state index >= 15 is 0 Å². The van der Waals surface area contributed by atoms with E-state index in [1.54, 1.807) is 24.3 Å². The number of hydrogen-bond acceptors (Lipinski definition) is 7. The van der Waals surface area contributed by atoms with Gasteiger partial charge in [0.15, 0.2) is 11.5 Å². The summed E-state index contributed by atoms with van der Waals surface area (Å²) in [7, 11) is 1.39. The van der Waals surface area contributed by atoms with Crippen LogP contribution in [0, 0.1) is 0 Å². The first-order valence-corrected chi connectivity index (χ1v) is 12.5. The minimum atomic E-state index is -0.453. The van der Waals surface area contributed by atoms with E-state index in [0.29, 0.717) is 26.8 Å². The number of anilines is 2. The Bertz CT molecular complexity index is 1460. The van der Waals surface area contributed by atoms with Gasteiger partial charge in [0.25, 0.3) is 5.56 Å². The fraction of sp³-hybridized carbons (Fsp3) is 0.269. The van der Waals surface area contributed by atoms with Crippen LogP contribution in [0.25, 0.3) is 33.5 Å². The van der Waals surface area contributed by atoms with Gasteiger partial charge in [0.2, 0.25) is 0 Å². The van der Waals surface area contributed by atoms with Crippen LogP contribution in [0.3, 0.4) is 0 Å². The van der Waals surface area contributed by atoms with Gasteiger partial charge in [-0.05, 0) is 49.0 Å². The van der Waals surface area contributed by atoms with Gasteiger partial charge in [-0.3, -0.25) is 4.79 Å². The highest BCUT2D eigenvalue weighted by molar-refractivity contribution is 6.39. The summed E-state index contributed by atoms with van der Waals surface area (Å²) in [4.78, 5) is 32.8. The second kappa shape index (κ2) is 9.97. The molecule has 0 atom stereocenters. The van der Waals surface area contributed by atoms with Gasteiger partial charge < -0.3 is 20.4 Å². The molecule has 0 unspecified atom stereocenters. The molecule has 8 nitrogen and oxygen atoms in total. The number of piperazine rings is 1. The van der Waals surface area contributed by atoms with Gasteiger partial charge in [-0.2, -0.15) is 0 Å². The number of benzene rings is 2. The molecule has 0 saturated carbocycles. The summed E-state index contributed by atoms with van der Waals surface area (Å²) in [5.74, 6) is 0.612. The molecule has 0 bridgehead atoms. The van der Waals surface area contributed by atoms with Crippen molar-refractivity contribution < 1.29 is 4.84 Å². The average Bonchev–Trinajstić information content (AvgIpc) is 2.89. The molecule has 2 aromatic carbocycles. The van der Waals surface area contributed by atoms with E-state index in [-0.39, 0.29) is 17.0 Å². The monoisotopic (exact) mass is 524 g/mol. The molecule has 36 heavy (non-hydrogen) atoms. The van der Waals surface area contributed by atoms with E-state index in [4.69, 9.17) is 33.8 Å². The summed E-state index contributed by atoms with van der Waals surface area (Å²) in [5, 5.41) is 1.14. The van der Waals surface area contributed by atoms with Gasteiger partial charge in [-0.15, -0.1) is 4.73 Å². The molecule has 4 aromatic rings. The van der Waals surface area contributed by atoms with E-state index in [1.165, 1.54) is 7.11 Å². The fourth-order valence-electron chi connectivity index (χ4n) is 4.56. The van der Waals surface area contributed by atoms with E-state index < -0.39 is 5.56 Å². The summed E-state index contributed by atoms with van der Waals surface area (Å²) in [6.45, 7) is 7.36. The number of likely N-dealkylation sites (N-methyl/N-ethyl adjacent to an activating group) is 1. The van der Waals surface area contributed by atoms with Gasteiger partial charge in [0.1, 0.15) is 12.9 Å². The van der Waals surface area contributed by atoms with Crippen LogP contribution >= 0.6 is 23.2 Å². The number of hydrogen-bond donors (Lipinski definition) is 1. The lowest BCUT2D eigenvalue weighted by Gasteiger charge is -2.35. The molecule has 5 rings (SSSR count). The van der Waals surface area contributed by atoms with Crippen molar-refractivity contribution in [1.82, 2.24) is 19.6 Å². The normalized spacial score (nSPS) is 14.4. The van der Waals surface area contributed by atoms with Gasteiger partial charge in [0, 0.05) is 43.0 Å². The molecule has 2 N–H and O–H groups in total. The Kier molecular flexibility index (Phi) is 6.75.